The monoisotopic (exact) mass is 204 g/mol. The molecule has 0 saturated carbocycles. The Hall–Kier alpha value is -1.77. The van der Waals surface area contributed by atoms with Crippen molar-refractivity contribution in [2.45, 2.75) is 13.8 Å². The molecule has 15 heavy (non-hydrogen) atoms. The summed E-state index contributed by atoms with van der Waals surface area (Å²) < 4.78 is 0. The van der Waals surface area contributed by atoms with Gasteiger partial charge in [0.1, 0.15) is 5.75 Å². The van der Waals surface area contributed by atoms with Crippen LogP contribution in [0, 0.1) is 6.92 Å². The number of aromatic hydroxyl groups is 1. The predicted molar refractivity (Wildman–Crippen MR) is 64.0 cm³/mol. The van der Waals surface area contributed by atoms with Crippen molar-refractivity contribution in [3.05, 3.63) is 35.4 Å². The fraction of sp³-hybridized carbons (Fsp3) is 0.250. The summed E-state index contributed by atoms with van der Waals surface area (Å²) in [5.74, 6) is 0.285. The molecule has 3 N–H and O–H groups in total. The summed E-state index contributed by atoms with van der Waals surface area (Å²) in [6.07, 6.45) is 1.81. The second-order valence-electron chi connectivity index (χ2n) is 3.47. The average molecular weight is 204 g/mol. The van der Waals surface area contributed by atoms with Crippen LogP contribution in [-0.4, -0.2) is 17.9 Å². The van der Waals surface area contributed by atoms with Gasteiger partial charge >= 0.3 is 0 Å². The van der Waals surface area contributed by atoms with Crippen LogP contribution in [0.5, 0.6) is 5.75 Å². The van der Waals surface area contributed by atoms with Gasteiger partial charge in [-0.15, -0.1) is 0 Å². The molecule has 0 unspecified atom stereocenters. The van der Waals surface area contributed by atoms with Gasteiger partial charge in [0.05, 0.1) is 0 Å². The minimum absolute atomic E-state index is 0.285. The van der Waals surface area contributed by atoms with Crippen LogP contribution in [0.15, 0.2) is 29.3 Å². The fourth-order valence-electron chi connectivity index (χ4n) is 1.21. The van der Waals surface area contributed by atoms with E-state index in [2.05, 4.69) is 4.99 Å². The van der Waals surface area contributed by atoms with Crippen LogP contribution in [0.4, 0.5) is 0 Å². The maximum absolute atomic E-state index is 9.37. The Kier molecular flexibility index (Phi) is 3.50. The van der Waals surface area contributed by atoms with Crippen molar-refractivity contribution in [2.24, 2.45) is 10.7 Å². The SMILES string of the molecule is CN=C(C)C=C(N)c1ccc(O)c(C)c1. The molecule has 1 rings (SSSR count). The van der Waals surface area contributed by atoms with E-state index in [4.69, 9.17) is 5.73 Å². The molecule has 3 nitrogen and oxygen atoms in total. The summed E-state index contributed by atoms with van der Waals surface area (Å²) in [5, 5.41) is 9.37. The molecule has 0 saturated heterocycles. The van der Waals surface area contributed by atoms with Crippen molar-refractivity contribution < 1.29 is 5.11 Å². The predicted octanol–water partition coefficient (Wildman–Crippen LogP) is 2.09. The van der Waals surface area contributed by atoms with Crippen molar-refractivity contribution in [2.75, 3.05) is 7.05 Å². The zero-order valence-corrected chi connectivity index (χ0v) is 9.28. The van der Waals surface area contributed by atoms with Crippen molar-refractivity contribution >= 4 is 11.4 Å². The number of nitrogens with two attached hydrogens (primary N) is 1. The van der Waals surface area contributed by atoms with Gasteiger partial charge in [0.2, 0.25) is 0 Å². The molecule has 0 atom stereocenters. The largest absolute Gasteiger partial charge is 0.508 e. The first kappa shape index (κ1) is 11.3. The minimum Gasteiger partial charge on any atom is -0.508 e. The van der Waals surface area contributed by atoms with Crippen LogP contribution in [0.1, 0.15) is 18.1 Å². The molecule has 80 valence electrons. The summed E-state index contributed by atoms with van der Waals surface area (Å²) in [5.41, 5.74) is 9.13. The lowest BCUT2D eigenvalue weighted by atomic mass is 10.1. The molecule has 0 aliphatic carbocycles. The third kappa shape index (κ3) is 2.84. The van der Waals surface area contributed by atoms with Crippen LogP contribution >= 0.6 is 0 Å². The van der Waals surface area contributed by atoms with E-state index in [1.807, 2.05) is 26.0 Å². The number of nitrogens with zero attached hydrogens (tertiary/aromatic N) is 1. The zero-order valence-electron chi connectivity index (χ0n) is 9.28. The van der Waals surface area contributed by atoms with Gasteiger partial charge in [-0.3, -0.25) is 4.99 Å². The second kappa shape index (κ2) is 4.64. The van der Waals surface area contributed by atoms with Gasteiger partial charge in [-0.25, -0.2) is 0 Å². The molecule has 0 spiro atoms. The summed E-state index contributed by atoms with van der Waals surface area (Å²) in [7, 11) is 1.72. The van der Waals surface area contributed by atoms with E-state index < -0.39 is 0 Å². The topological polar surface area (TPSA) is 58.6 Å². The Bertz CT molecular complexity index is 420. The third-order valence-electron chi connectivity index (χ3n) is 2.25. The third-order valence-corrected chi connectivity index (χ3v) is 2.25. The number of rotatable bonds is 2. The molecule has 0 aliphatic heterocycles. The van der Waals surface area contributed by atoms with Crippen LogP contribution in [0.25, 0.3) is 5.70 Å². The van der Waals surface area contributed by atoms with E-state index in [0.29, 0.717) is 5.70 Å². The van der Waals surface area contributed by atoms with Gasteiger partial charge < -0.3 is 10.8 Å². The Balaban J connectivity index is 3.07. The highest BCUT2D eigenvalue weighted by atomic mass is 16.3. The summed E-state index contributed by atoms with van der Waals surface area (Å²) in [6, 6.07) is 5.28. The number of aliphatic imine (C=N–C) groups is 1. The van der Waals surface area contributed by atoms with Crippen LogP contribution in [0.2, 0.25) is 0 Å². The minimum atomic E-state index is 0.285. The molecule has 1 aromatic carbocycles. The van der Waals surface area contributed by atoms with Crippen LogP contribution in [-0.2, 0) is 0 Å². The number of hydrogen-bond acceptors (Lipinski definition) is 3. The van der Waals surface area contributed by atoms with Gasteiger partial charge in [0.25, 0.3) is 0 Å². The van der Waals surface area contributed by atoms with E-state index in [1.54, 1.807) is 19.2 Å². The first-order valence-electron chi connectivity index (χ1n) is 4.75. The summed E-state index contributed by atoms with van der Waals surface area (Å²) in [4.78, 5) is 4.00. The van der Waals surface area contributed by atoms with Crippen molar-refractivity contribution in [1.82, 2.24) is 0 Å². The first-order valence-corrected chi connectivity index (χ1v) is 4.75. The molecule has 0 fully saturated rings. The second-order valence-corrected chi connectivity index (χ2v) is 3.47. The fourth-order valence-corrected chi connectivity index (χ4v) is 1.21. The maximum atomic E-state index is 9.37. The number of phenols is 1. The highest BCUT2D eigenvalue weighted by Gasteiger charge is 2.00. The molecular weight excluding hydrogens is 188 g/mol. The normalized spacial score (nSPS) is 13.0. The summed E-state index contributed by atoms with van der Waals surface area (Å²) in [6.45, 7) is 3.73. The van der Waals surface area contributed by atoms with Crippen molar-refractivity contribution in [3.63, 3.8) is 0 Å². The lowest BCUT2D eigenvalue weighted by molar-refractivity contribution is 0.471. The molecule has 3 heteroatoms. The standard InChI is InChI=1S/C12H16N2O/c1-8-6-10(4-5-12(8)15)11(13)7-9(2)14-3/h4-7,15H,13H2,1-3H3. The Morgan fingerprint density at radius 2 is 2.13 bits per heavy atom. The summed E-state index contributed by atoms with van der Waals surface area (Å²) >= 11 is 0. The molecule has 0 aromatic heterocycles. The number of phenolic OH excluding ortho intramolecular Hbond substituents is 1. The van der Waals surface area contributed by atoms with E-state index in [1.165, 1.54) is 0 Å². The van der Waals surface area contributed by atoms with Crippen LogP contribution in [0.3, 0.4) is 0 Å². The smallest absolute Gasteiger partial charge is 0.118 e. The highest BCUT2D eigenvalue weighted by molar-refractivity contribution is 5.98. The molecule has 1 aromatic rings. The van der Waals surface area contributed by atoms with E-state index in [0.717, 1.165) is 16.8 Å². The first-order chi connectivity index (χ1) is 7.04. The van der Waals surface area contributed by atoms with Crippen molar-refractivity contribution in [1.29, 1.82) is 0 Å². The van der Waals surface area contributed by atoms with E-state index in [9.17, 15) is 5.11 Å². The number of benzene rings is 1. The highest BCUT2D eigenvalue weighted by Crippen LogP contribution is 2.19. The van der Waals surface area contributed by atoms with Crippen molar-refractivity contribution in [3.8, 4) is 5.75 Å². The van der Waals surface area contributed by atoms with Gasteiger partial charge in [-0.1, -0.05) is 0 Å². The van der Waals surface area contributed by atoms with Gasteiger partial charge in [0.15, 0.2) is 0 Å². The lowest BCUT2D eigenvalue weighted by Gasteiger charge is -2.04. The molecule has 0 radical (unpaired) electrons. The number of aryl methyl sites for hydroxylation is 1. The Morgan fingerprint density at radius 1 is 1.47 bits per heavy atom. The van der Waals surface area contributed by atoms with Gasteiger partial charge in [0, 0.05) is 18.5 Å². The lowest BCUT2D eigenvalue weighted by Crippen LogP contribution is -1.99. The molecule has 0 amide bonds. The molecular formula is C12H16N2O. The average Bonchev–Trinajstić information content (AvgIpc) is 2.21. The quantitative estimate of drug-likeness (QED) is 0.725. The van der Waals surface area contributed by atoms with E-state index >= 15 is 0 Å². The Labute approximate surface area is 90.0 Å². The van der Waals surface area contributed by atoms with E-state index in [-0.39, 0.29) is 5.75 Å². The maximum Gasteiger partial charge on any atom is 0.118 e. The van der Waals surface area contributed by atoms with Crippen LogP contribution < -0.4 is 5.73 Å². The number of hydrogen-bond donors (Lipinski definition) is 2. The Morgan fingerprint density at radius 3 is 2.67 bits per heavy atom. The molecule has 0 aliphatic rings. The molecule has 0 bridgehead atoms. The van der Waals surface area contributed by atoms with Gasteiger partial charge in [-0.05, 0) is 49.2 Å². The van der Waals surface area contributed by atoms with Gasteiger partial charge in [-0.2, -0.15) is 0 Å². The zero-order chi connectivity index (χ0) is 11.4. The number of allylic oxidation sites excluding steroid dienone is 1. The molecule has 0 heterocycles.